The number of halogens is 1. The third kappa shape index (κ3) is 12.4. The lowest BCUT2D eigenvalue weighted by atomic mass is 9.76. The number of nitrogens with zero attached hydrogens (tertiary/aromatic N) is 6. The number of pyridine rings is 2. The van der Waals surface area contributed by atoms with E-state index in [1.165, 1.54) is 20.2 Å². The quantitative estimate of drug-likeness (QED) is 0.0287. The largest absolute Gasteiger partial charge is 0.458 e. The summed E-state index contributed by atoms with van der Waals surface area (Å²) in [5, 5.41) is 28.4. The topological polar surface area (TPSA) is 297 Å². The van der Waals surface area contributed by atoms with Crippen LogP contribution < -0.4 is 21.5 Å². The Labute approximate surface area is 482 Å². The number of nitrogens with one attached hydrogen (secondary N) is 3. The maximum absolute atomic E-state index is 15.4. The highest BCUT2D eigenvalue weighted by Gasteiger charge is 2.46. The van der Waals surface area contributed by atoms with E-state index in [0.717, 1.165) is 34.9 Å². The standard InChI is InChI=1S/C61H68FN9O13/c1-4-61(82)45-23-49-56-43(29-70(49)59(80)44(45)31-84-60(61)81)54-38(14-16-42-34(3)46(62)24-48(66-56)55(42)54)22-41(73)30-83-32-64-51(75)19-17-50(74)47(21-35-8-6-5-7-9-35)65-52(76)18-15-40(72)28-69-27-39(67-68-69)25-63-57(78)37-12-10-36(11-13-37)26-71-53(77)20-33(2)58(71)79/h5-9,23-24,27,33,36-38,47,82H,4,10-22,25-26,28-32H2,1-3H3,(H,63,78)(H,64,75)(H,65,76)/t33?,36?,37?,38-,47+,61+/m1/s1. The van der Waals surface area contributed by atoms with Crippen LogP contribution in [0.1, 0.15) is 141 Å². The van der Waals surface area contributed by atoms with Crippen molar-refractivity contribution < 1.29 is 62.1 Å². The number of aromatic nitrogens is 5. The van der Waals surface area contributed by atoms with Gasteiger partial charge in [0, 0.05) is 79.5 Å². The summed E-state index contributed by atoms with van der Waals surface area (Å²) >= 11 is 0. The van der Waals surface area contributed by atoms with Crippen LogP contribution in [0.15, 0.2) is 53.5 Å². The van der Waals surface area contributed by atoms with Gasteiger partial charge in [-0.2, -0.15) is 0 Å². The Bertz CT molecular complexity index is 3550. The van der Waals surface area contributed by atoms with Gasteiger partial charge in [-0.15, -0.1) is 5.10 Å². The summed E-state index contributed by atoms with van der Waals surface area (Å²) in [6, 6.07) is 10.9. The summed E-state index contributed by atoms with van der Waals surface area (Å²) in [5.74, 6) is -4.47. The first-order valence-corrected chi connectivity index (χ1v) is 28.9. The maximum atomic E-state index is 15.4. The molecule has 2 aromatic carbocycles. The van der Waals surface area contributed by atoms with Crippen molar-refractivity contribution in [1.29, 1.82) is 0 Å². The van der Waals surface area contributed by atoms with Crippen LogP contribution >= 0.6 is 0 Å². The molecule has 5 amide bonds. The highest BCUT2D eigenvalue weighted by molar-refractivity contribution is 6.03. The normalized spacial score (nSPS) is 20.9. The number of fused-ring (bicyclic) bond motifs is 5. The third-order valence-corrected chi connectivity index (χ3v) is 17.3. The molecule has 4 N–H and O–H groups in total. The number of rotatable bonds is 24. The van der Waals surface area contributed by atoms with Crippen LogP contribution in [0.2, 0.25) is 0 Å². The first kappa shape index (κ1) is 59.0. The smallest absolute Gasteiger partial charge is 0.343 e. The van der Waals surface area contributed by atoms with Crippen LogP contribution in [-0.2, 0) is 97.3 Å². The summed E-state index contributed by atoms with van der Waals surface area (Å²) in [7, 11) is 0. The molecule has 2 aliphatic carbocycles. The van der Waals surface area contributed by atoms with Crippen LogP contribution in [0, 0.1) is 30.5 Å². The Kier molecular flexibility index (Phi) is 17.5. The van der Waals surface area contributed by atoms with Crippen LogP contribution in [0.3, 0.4) is 0 Å². The number of aliphatic hydroxyl groups is 1. The second-order valence-electron chi connectivity index (χ2n) is 23.0. The monoisotopic (exact) mass is 1150 g/mol. The molecule has 22 nitrogen and oxygen atoms in total. The number of benzene rings is 2. The number of carbonyl (C=O) groups is 9. The van der Waals surface area contributed by atoms with Gasteiger partial charge in [0.05, 0.1) is 47.8 Å². The predicted molar refractivity (Wildman–Crippen MR) is 297 cm³/mol. The Morgan fingerprint density at radius 1 is 0.917 bits per heavy atom. The molecule has 0 bridgehead atoms. The molecular weight excluding hydrogens is 1090 g/mol. The number of esters is 1. The van der Waals surface area contributed by atoms with Crippen LogP contribution in [0.4, 0.5) is 4.39 Å². The SMILES string of the molecule is CC[C@@]1(O)C(=O)OCc2c1cc1n(c2=O)Cc2c-1nc1cc(F)c(C)c3c1c2[C@@H](CC(=O)COCNC(=O)CCC(=O)[C@H](Cc1ccccc1)NC(=O)CCC(=O)Cn1cc(CNC(=O)C2CCC(CN4C(=O)CC(C)C4=O)CC2)nn1)CC3. The lowest BCUT2D eigenvalue weighted by molar-refractivity contribution is -0.172. The van der Waals surface area contributed by atoms with Crippen molar-refractivity contribution in [3.63, 3.8) is 0 Å². The molecule has 6 heterocycles. The Morgan fingerprint density at radius 3 is 2.42 bits per heavy atom. The van der Waals surface area contributed by atoms with Gasteiger partial charge >= 0.3 is 5.97 Å². The fraction of sp³-hybridized carbons (Fsp3) is 0.492. The van der Waals surface area contributed by atoms with Crippen LogP contribution in [0.25, 0.3) is 22.3 Å². The van der Waals surface area contributed by atoms with Crippen molar-refractivity contribution >= 4 is 63.8 Å². The minimum absolute atomic E-state index is 0.0263. The highest BCUT2D eigenvalue weighted by Crippen LogP contribution is 2.47. The van der Waals surface area contributed by atoms with Crippen molar-refractivity contribution in [3.05, 3.63) is 109 Å². The molecule has 3 aliphatic heterocycles. The number of cyclic esters (lactones) is 1. The second kappa shape index (κ2) is 25.0. The number of Topliss-reactive ketones (excluding diaryl/α,β-unsaturated/α-hetero) is 3. The molecule has 23 heteroatoms. The van der Waals surface area contributed by atoms with Gasteiger partial charge in [-0.1, -0.05) is 49.4 Å². The van der Waals surface area contributed by atoms with Gasteiger partial charge in [0.25, 0.3) is 5.56 Å². The van der Waals surface area contributed by atoms with E-state index in [1.807, 2.05) is 6.07 Å². The number of ether oxygens (including phenoxy) is 2. The van der Waals surface area contributed by atoms with E-state index in [4.69, 9.17) is 14.5 Å². The van der Waals surface area contributed by atoms with Crippen LogP contribution in [0.5, 0.6) is 0 Å². The summed E-state index contributed by atoms with van der Waals surface area (Å²) in [6.45, 7) is 4.50. The van der Waals surface area contributed by atoms with Crippen molar-refractivity contribution in [1.82, 2.24) is 45.4 Å². The zero-order valence-electron chi connectivity index (χ0n) is 47.3. The minimum Gasteiger partial charge on any atom is -0.458 e. The minimum atomic E-state index is -2.04. The number of amides is 5. The molecule has 10 rings (SSSR count). The van der Waals surface area contributed by atoms with E-state index in [0.29, 0.717) is 66.0 Å². The molecule has 4 atom stereocenters. The third-order valence-electron chi connectivity index (χ3n) is 17.3. The number of hydrogen-bond donors (Lipinski definition) is 4. The average molecular weight is 1150 g/mol. The van der Waals surface area contributed by atoms with Gasteiger partial charge in [-0.3, -0.25) is 48.1 Å². The molecular formula is C61H68FN9O13. The Hall–Kier alpha value is -8.18. The average Bonchev–Trinajstić information content (AvgIpc) is 2.20. The maximum Gasteiger partial charge on any atom is 0.343 e. The van der Waals surface area contributed by atoms with Gasteiger partial charge < -0.3 is 35.1 Å². The number of carbonyl (C=O) groups excluding carboxylic acids is 9. The highest BCUT2D eigenvalue weighted by atomic mass is 19.1. The lowest BCUT2D eigenvalue weighted by Gasteiger charge is -2.31. The van der Waals surface area contributed by atoms with E-state index in [2.05, 4.69) is 26.3 Å². The molecule has 1 unspecified atom stereocenters. The fourth-order valence-electron chi connectivity index (χ4n) is 12.6. The summed E-state index contributed by atoms with van der Waals surface area (Å²) < 4.78 is 29.1. The number of hydrogen-bond acceptors (Lipinski definition) is 16. The van der Waals surface area contributed by atoms with E-state index in [-0.39, 0.29) is 155 Å². The van der Waals surface area contributed by atoms with Gasteiger partial charge in [0.2, 0.25) is 29.5 Å². The number of likely N-dealkylation sites (tertiary alicyclic amines) is 1. The zero-order chi connectivity index (χ0) is 59.6. The van der Waals surface area contributed by atoms with E-state index >= 15 is 4.39 Å². The Morgan fingerprint density at radius 2 is 1.68 bits per heavy atom. The lowest BCUT2D eigenvalue weighted by Crippen LogP contribution is -2.44. The van der Waals surface area contributed by atoms with Crippen molar-refractivity contribution in [2.24, 2.45) is 17.8 Å². The van der Waals surface area contributed by atoms with Crippen molar-refractivity contribution in [2.45, 2.75) is 154 Å². The second-order valence-corrected chi connectivity index (χ2v) is 23.0. The summed E-state index contributed by atoms with van der Waals surface area (Å²) in [6.07, 6.45) is 4.75. The molecule has 0 spiro atoms. The Balaban J connectivity index is 0.672. The molecule has 3 aromatic heterocycles. The summed E-state index contributed by atoms with van der Waals surface area (Å²) in [5.41, 5.74) is 2.85. The fourth-order valence-corrected chi connectivity index (χ4v) is 12.6. The molecule has 1 saturated carbocycles. The van der Waals surface area contributed by atoms with Crippen molar-refractivity contribution in [2.75, 3.05) is 19.9 Å². The van der Waals surface area contributed by atoms with Crippen LogP contribution in [-0.4, -0.2) is 113 Å². The molecule has 84 heavy (non-hydrogen) atoms. The van der Waals surface area contributed by atoms with Gasteiger partial charge in [-0.05, 0) is 98.4 Å². The van der Waals surface area contributed by atoms with E-state index in [1.54, 1.807) is 57.3 Å². The molecule has 2 fully saturated rings. The number of imide groups is 1. The van der Waals surface area contributed by atoms with Crippen molar-refractivity contribution in [3.8, 4) is 11.4 Å². The zero-order valence-corrected chi connectivity index (χ0v) is 47.3. The van der Waals surface area contributed by atoms with Gasteiger partial charge in [0.15, 0.2) is 23.0 Å². The predicted octanol–water partition coefficient (Wildman–Crippen LogP) is 4.14. The van der Waals surface area contributed by atoms with Gasteiger partial charge in [-0.25, -0.2) is 18.9 Å². The molecule has 5 aliphatic rings. The number of aryl methyl sites for hydroxylation is 1. The summed E-state index contributed by atoms with van der Waals surface area (Å²) in [4.78, 5) is 137. The molecule has 442 valence electrons. The number of ketones is 3. The first-order chi connectivity index (χ1) is 40.3. The van der Waals surface area contributed by atoms with E-state index in [9.17, 15) is 53.1 Å². The molecule has 5 aromatic rings. The molecule has 0 radical (unpaired) electrons. The first-order valence-electron chi connectivity index (χ1n) is 28.9. The molecule has 1 saturated heterocycles. The van der Waals surface area contributed by atoms with Gasteiger partial charge in [0.1, 0.15) is 38.0 Å². The van der Waals surface area contributed by atoms with E-state index < -0.39 is 46.6 Å².